The van der Waals surface area contributed by atoms with E-state index in [4.69, 9.17) is 9.96 Å². The Bertz CT molecular complexity index is 55.1. The molecule has 3 nitrogen and oxygen atoms in total. The molecule has 0 N–H and O–H groups in total. The van der Waals surface area contributed by atoms with Gasteiger partial charge in [0.15, 0.2) is 0 Å². The van der Waals surface area contributed by atoms with Gasteiger partial charge in [-0.3, -0.25) is 0 Å². The molecular formula is C5H14O3Ti. The Balaban J connectivity index is 3.82. The van der Waals surface area contributed by atoms with E-state index in [9.17, 15) is 0 Å². The normalized spacial score (nSPS) is 12.0. The third-order valence-corrected chi connectivity index (χ3v) is 5.63. The van der Waals surface area contributed by atoms with Gasteiger partial charge in [-0.15, -0.1) is 0 Å². The van der Waals surface area contributed by atoms with E-state index in [1.54, 1.807) is 21.3 Å². The number of rotatable bonds is 4. The molecule has 0 aliphatic heterocycles. The third-order valence-electron chi connectivity index (χ3n) is 1.37. The molecule has 4 heteroatoms. The van der Waals surface area contributed by atoms with E-state index < -0.39 is 17.8 Å². The Morgan fingerprint density at radius 3 is 1.33 bits per heavy atom. The van der Waals surface area contributed by atoms with Crippen LogP contribution in [0.3, 0.4) is 0 Å². The van der Waals surface area contributed by atoms with Gasteiger partial charge in [-0.1, -0.05) is 0 Å². The molecule has 0 saturated carbocycles. The molecule has 0 aromatic rings. The minimum absolute atomic E-state index is 0.865. The van der Waals surface area contributed by atoms with Crippen molar-refractivity contribution in [3.05, 3.63) is 0 Å². The van der Waals surface area contributed by atoms with E-state index >= 15 is 0 Å². The molecule has 0 spiro atoms. The summed E-state index contributed by atoms with van der Waals surface area (Å²) in [7, 11) is 4.91. The maximum absolute atomic E-state index is 5.13. The van der Waals surface area contributed by atoms with Crippen molar-refractivity contribution in [3.63, 3.8) is 0 Å². The fourth-order valence-electron chi connectivity index (χ4n) is 0.683. The van der Waals surface area contributed by atoms with Crippen LogP contribution in [-0.4, -0.2) is 21.3 Å². The molecule has 0 unspecified atom stereocenters. The van der Waals surface area contributed by atoms with Gasteiger partial charge in [0.1, 0.15) is 0 Å². The average Bonchev–Trinajstić information content (AvgIpc) is 1.95. The Labute approximate surface area is 61.1 Å². The standard InChI is InChI=1S/C2H5.3CH3O.Ti/c4*1-2;/h1H2,2H3;3*1H3;/q;3*-1;+3. The van der Waals surface area contributed by atoms with Crippen molar-refractivity contribution in [3.8, 4) is 0 Å². The van der Waals surface area contributed by atoms with E-state index in [1.165, 1.54) is 0 Å². The van der Waals surface area contributed by atoms with Crippen molar-refractivity contribution in [2.45, 2.75) is 11.6 Å². The molecule has 0 aromatic heterocycles. The van der Waals surface area contributed by atoms with Crippen LogP contribution in [0, 0.1) is 0 Å². The van der Waals surface area contributed by atoms with Crippen LogP contribution >= 0.6 is 0 Å². The molecule has 0 heterocycles. The van der Waals surface area contributed by atoms with Gasteiger partial charge in [0.05, 0.1) is 0 Å². The Kier molecular flexibility index (Phi) is 4.71. The fourth-order valence-corrected chi connectivity index (χ4v) is 2.82. The second kappa shape index (κ2) is 4.42. The van der Waals surface area contributed by atoms with Gasteiger partial charge in [-0.05, 0) is 0 Å². The SMILES string of the molecule is C[CH2][Ti]([O]C)([O]C)[O]C. The first kappa shape index (κ1) is 9.59. The monoisotopic (exact) mass is 170 g/mol. The van der Waals surface area contributed by atoms with Crippen LogP contribution in [0.4, 0.5) is 0 Å². The first-order chi connectivity index (χ1) is 4.24. The quantitative estimate of drug-likeness (QED) is 0.594. The minimum atomic E-state index is -2.67. The molecular weight excluding hydrogens is 156 g/mol. The van der Waals surface area contributed by atoms with Crippen LogP contribution in [0.25, 0.3) is 0 Å². The summed E-state index contributed by atoms with van der Waals surface area (Å²) in [6, 6.07) is 0. The van der Waals surface area contributed by atoms with E-state index in [0.717, 1.165) is 4.73 Å². The second-order valence-electron chi connectivity index (χ2n) is 1.65. The molecule has 0 radical (unpaired) electrons. The van der Waals surface area contributed by atoms with Crippen molar-refractivity contribution >= 4 is 0 Å². The Hall–Kier alpha value is 0.594. The summed E-state index contributed by atoms with van der Waals surface area (Å²) in [4.78, 5) is 0. The molecule has 0 aliphatic rings. The van der Waals surface area contributed by atoms with Gasteiger partial charge in [0, 0.05) is 0 Å². The topological polar surface area (TPSA) is 27.7 Å². The first-order valence-corrected chi connectivity index (χ1v) is 5.91. The van der Waals surface area contributed by atoms with Gasteiger partial charge in [0.25, 0.3) is 0 Å². The Morgan fingerprint density at radius 1 is 1.00 bits per heavy atom. The zero-order valence-electron chi connectivity index (χ0n) is 6.43. The van der Waals surface area contributed by atoms with Crippen LogP contribution < -0.4 is 0 Å². The molecule has 0 saturated heterocycles. The number of hydrogen-bond acceptors (Lipinski definition) is 3. The van der Waals surface area contributed by atoms with Gasteiger partial charge >= 0.3 is 60.7 Å². The summed E-state index contributed by atoms with van der Waals surface area (Å²) in [5, 5.41) is 0. The molecule has 0 rings (SSSR count). The van der Waals surface area contributed by atoms with Crippen molar-refractivity contribution in [2.24, 2.45) is 0 Å². The first-order valence-electron chi connectivity index (χ1n) is 2.90. The predicted octanol–water partition coefficient (Wildman–Crippen LogP) is 1.26. The van der Waals surface area contributed by atoms with Crippen molar-refractivity contribution in [1.82, 2.24) is 0 Å². The molecule has 0 aromatic carbocycles. The third kappa shape index (κ3) is 2.36. The molecule has 0 fully saturated rings. The van der Waals surface area contributed by atoms with Crippen LogP contribution in [-0.2, 0) is 27.7 Å². The van der Waals surface area contributed by atoms with Crippen LogP contribution in [0.2, 0.25) is 4.73 Å². The predicted molar refractivity (Wildman–Crippen MR) is 31.5 cm³/mol. The van der Waals surface area contributed by atoms with Gasteiger partial charge in [-0.2, -0.15) is 0 Å². The molecule has 0 bridgehead atoms. The summed E-state index contributed by atoms with van der Waals surface area (Å²) in [5.41, 5.74) is 0. The average molecular weight is 170 g/mol. The van der Waals surface area contributed by atoms with E-state index in [0.29, 0.717) is 0 Å². The second-order valence-corrected chi connectivity index (χ2v) is 6.80. The van der Waals surface area contributed by atoms with Crippen LogP contribution in [0.15, 0.2) is 0 Å². The summed E-state index contributed by atoms with van der Waals surface area (Å²) < 4.78 is 16.2. The summed E-state index contributed by atoms with van der Waals surface area (Å²) >= 11 is -2.67. The van der Waals surface area contributed by atoms with Gasteiger partial charge < -0.3 is 0 Å². The molecule has 56 valence electrons. The maximum atomic E-state index is 5.13. The summed E-state index contributed by atoms with van der Waals surface area (Å²) in [5.74, 6) is 0. The van der Waals surface area contributed by atoms with Crippen LogP contribution in [0.1, 0.15) is 6.92 Å². The molecule has 9 heavy (non-hydrogen) atoms. The van der Waals surface area contributed by atoms with E-state index in [2.05, 4.69) is 0 Å². The zero-order valence-corrected chi connectivity index (χ0v) is 7.99. The number of hydrogen-bond donors (Lipinski definition) is 0. The summed E-state index contributed by atoms with van der Waals surface area (Å²) in [6.07, 6.45) is 0. The van der Waals surface area contributed by atoms with Crippen molar-refractivity contribution < 1.29 is 27.7 Å². The van der Waals surface area contributed by atoms with Crippen molar-refractivity contribution in [2.75, 3.05) is 21.3 Å². The van der Waals surface area contributed by atoms with Gasteiger partial charge in [-0.25, -0.2) is 0 Å². The van der Waals surface area contributed by atoms with Crippen molar-refractivity contribution in [1.29, 1.82) is 0 Å². The molecule has 0 atom stereocenters. The van der Waals surface area contributed by atoms with Crippen LogP contribution in [0.5, 0.6) is 0 Å². The molecule has 0 amide bonds. The Morgan fingerprint density at radius 2 is 1.33 bits per heavy atom. The van der Waals surface area contributed by atoms with E-state index in [-0.39, 0.29) is 0 Å². The van der Waals surface area contributed by atoms with E-state index in [1.807, 2.05) is 6.92 Å². The zero-order chi connectivity index (χ0) is 7.33. The summed E-state index contributed by atoms with van der Waals surface area (Å²) in [6.45, 7) is 2.01. The van der Waals surface area contributed by atoms with Gasteiger partial charge in [0.2, 0.25) is 0 Å². The fraction of sp³-hybridized carbons (Fsp3) is 1.00. The molecule has 0 aliphatic carbocycles.